The van der Waals surface area contributed by atoms with Gasteiger partial charge in [-0.25, -0.2) is 4.98 Å². The number of carboxylic acids is 1. The molecule has 3 rings (SSSR count). The number of imidazole rings is 1. The van der Waals surface area contributed by atoms with Crippen molar-refractivity contribution in [3.63, 3.8) is 0 Å². The molecule has 1 aliphatic heterocycles. The van der Waals surface area contributed by atoms with E-state index in [2.05, 4.69) is 9.88 Å². The van der Waals surface area contributed by atoms with Crippen LogP contribution in [0.5, 0.6) is 0 Å². The van der Waals surface area contributed by atoms with Crippen molar-refractivity contribution in [3.8, 4) is 0 Å². The number of aromatic nitrogens is 2. The van der Waals surface area contributed by atoms with Crippen LogP contribution < -0.4 is 0 Å². The second kappa shape index (κ2) is 5.31. The molecular weight excluding hydrogens is 290 g/mol. The Morgan fingerprint density at radius 3 is 2.95 bits per heavy atom. The number of hydrogen-bond donors (Lipinski definition) is 1. The number of likely N-dealkylation sites (tertiary alicyclic amines) is 1. The van der Waals surface area contributed by atoms with Gasteiger partial charge in [0, 0.05) is 25.5 Å². The minimum atomic E-state index is -0.686. The molecule has 2 aromatic heterocycles. The van der Waals surface area contributed by atoms with Crippen LogP contribution in [0.4, 0.5) is 0 Å². The molecule has 0 aromatic carbocycles. The van der Waals surface area contributed by atoms with Crippen LogP contribution in [0.3, 0.4) is 0 Å². The van der Waals surface area contributed by atoms with Crippen LogP contribution in [0.15, 0.2) is 24.5 Å². The highest BCUT2D eigenvalue weighted by molar-refractivity contribution is 6.30. The molecule has 1 atom stereocenters. The fourth-order valence-corrected chi connectivity index (χ4v) is 3.20. The van der Waals surface area contributed by atoms with Gasteiger partial charge in [0.25, 0.3) is 0 Å². The molecular formula is C15H18ClN3O2. The normalized spacial score (nSPS) is 23.0. The molecule has 0 spiro atoms. The Balaban J connectivity index is 1.76. The lowest BCUT2D eigenvalue weighted by Crippen LogP contribution is -2.33. The van der Waals surface area contributed by atoms with Crippen LogP contribution >= 0.6 is 11.6 Å². The summed E-state index contributed by atoms with van der Waals surface area (Å²) in [5.74, 6) is -0.686. The van der Waals surface area contributed by atoms with Gasteiger partial charge in [-0.2, -0.15) is 0 Å². The second-order valence-corrected chi connectivity index (χ2v) is 6.18. The van der Waals surface area contributed by atoms with Gasteiger partial charge in [0.2, 0.25) is 0 Å². The van der Waals surface area contributed by atoms with Crippen LogP contribution in [0, 0.1) is 5.41 Å². The van der Waals surface area contributed by atoms with E-state index in [1.165, 1.54) is 0 Å². The van der Waals surface area contributed by atoms with Crippen LogP contribution in [-0.2, 0) is 11.3 Å². The van der Waals surface area contributed by atoms with E-state index in [1.54, 1.807) is 0 Å². The van der Waals surface area contributed by atoms with Gasteiger partial charge in [0.1, 0.15) is 5.65 Å². The lowest BCUT2D eigenvalue weighted by molar-refractivity contribution is -0.148. The van der Waals surface area contributed by atoms with E-state index in [-0.39, 0.29) is 0 Å². The van der Waals surface area contributed by atoms with E-state index in [9.17, 15) is 9.90 Å². The monoisotopic (exact) mass is 307 g/mol. The zero-order valence-corrected chi connectivity index (χ0v) is 12.7. The van der Waals surface area contributed by atoms with E-state index < -0.39 is 11.4 Å². The first kappa shape index (κ1) is 14.4. The minimum absolute atomic E-state index is 0.591. The van der Waals surface area contributed by atoms with Crippen molar-refractivity contribution >= 4 is 23.2 Å². The van der Waals surface area contributed by atoms with E-state index in [0.717, 1.165) is 17.9 Å². The summed E-state index contributed by atoms with van der Waals surface area (Å²) in [5, 5.41) is 10.1. The van der Waals surface area contributed by atoms with Crippen LogP contribution in [0.25, 0.3) is 5.65 Å². The highest BCUT2D eigenvalue weighted by Crippen LogP contribution is 2.34. The Morgan fingerprint density at radius 2 is 2.29 bits per heavy atom. The summed E-state index contributed by atoms with van der Waals surface area (Å²) < 4.78 is 1.90. The first-order valence-electron chi connectivity index (χ1n) is 7.11. The van der Waals surface area contributed by atoms with Gasteiger partial charge >= 0.3 is 5.97 Å². The summed E-state index contributed by atoms with van der Waals surface area (Å²) in [7, 11) is 0. The molecule has 1 fully saturated rings. The van der Waals surface area contributed by atoms with E-state index in [0.29, 0.717) is 31.0 Å². The lowest BCUT2D eigenvalue weighted by Gasteiger charge is -2.22. The molecule has 21 heavy (non-hydrogen) atoms. The summed E-state index contributed by atoms with van der Waals surface area (Å²) in [4.78, 5) is 18.2. The molecule has 1 saturated heterocycles. The van der Waals surface area contributed by atoms with Crippen molar-refractivity contribution in [2.24, 2.45) is 5.41 Å². The predicted molar refractivity (Wildman–Crippen MR) is 80.5 cm³/mol. The minimum Gasteiger partial charge on any atom is -0.481 e. The smallest absolute Gasteiger partial charge is 0.310 e. The fraction of sp³-hybridized carbons (Fsp3) is 0.467. The van der Waals surface area contributed by atoms with E-state index in [1.807, 2.05) is 35.9 Å². The van der Waals surface area contributed by atoms with Crippen LogP contribution in [-0.4, -0.2) is 38.4 Å². The molecule has 112 valence electrons. The van der Waals surface area contributed by atoms with Crippen molar-refractivity contribution in [2.75, 3.05) is 13.1 Å². The van der Waals surface area contributed by atoms with Crippen LogP contribution in [0.1, 0.15) is 25.5 Å². The van der Waals surface area contributed by atoms with Gasteiger partial charge in [0.15, 0.2) is 0 Å². The second-order valence-electron chi connectivity index (χ2n) is 5.74. The SMILES string of the molecule is CCC1(C(=O)O)CCN(Cc2cn3cc(Cl)ccc3n2)C1. The highest BCUT2D eigenvalue weighted by atomic mass is 35.5. The zero-order valence-electron chi connectivity index (χ0n) is 11.9. The number of fused-ring (bicyclic) bond motifs is 1. The Labute approximate surface area is 128 Å². The number of pyridine rings is 1. The molecule has 0 amide bonds. The number of carbonyl (C=O) groups is 1. The van der Waals surface area contributed by atoms with Crippen molar-refractivity contribution in [1.82, 2.24) is 14.3 Å². The number of halogens is 1. The summed E-state index contributed by atoms with van der Waals surface area (Å²) in [5.41, 5.74) is 1.20. The first-order valence-corrected chi connectivity index (χ1v) is 7.49. The van der Waals surface area contributed by atoms with Gasteiger partial charge in [0.05, 0.1) is 16.1 Å². The largest absolute Gasteiger partial charge is 0.481 e. The van der Waals surface area contributed by atoms with Gasteiger partial charge in [-0.15, -0.1) is 0 Å². The number of nitrogens with zero attached hydrogens (tertiary/aromatic N) is 3. The summed E-state index contributed by atoms with van der Waals surface area (Å²) in [6, 6.07) is 3.69. The van der Waals surface area contributed by atoms with Crippen molar-refractivity contribution in [2.45, 2.75) is 26.3 Å². The number of carboxylic acid groups (broad SMARTS) is 1. The Kier molecular flexibility index (Phi) is 3.63. The van der Waals surface area contributed by atoms with Crippen molar-refractivity contribution in [1.29, 1.82) is 0 Å². The topological polar surface area (TPSA) is 57.8 Å². The maximum atomic E-state index is 11.5. The molecule has 2 aromatic rings. The molecule has 1 aliphatic rings. The third kappa shape index (κ3) is 2.63. The molecule has 5 nitrogen and oxygen atoms in total. The maximum absolute atomic E-state index is 11.5. The lowest BCUT2D eigenvalue weighted by atomic mass is 9.84. The average molecular weight is 308 g/mol. The van der Waals surface area contributed by atoms with Gasteiger partial charge in [-0.3, -0.25) is 9.69 Å². The van der Waals surface area contributed by atoms with Gasteiger partial charge < -0.3 is 9.51 Å². The summed E-state index contributed by atoms with van der Waals surface area (Å²) in [6.45, 7) is 4.01. The Morgan fingerprint density at radius 1 is 1.48 bits per heavy atom. The molecule has 0 saturated carbocycles. The Bertz CT molecular complexity index is 685. The Hall–Kier alpha value is -1.59. The van der Waals surface area contributed by atoms with Crippen LogP contribution in [0.2, 0.25) is 5.02 Å². The first-order chi connectivity index (χ1) is 10.0. The van der Waals surface area contributed by atoms with Crippen molar-refractivity contribution in [3.05, 3.63) is 35.2 Å². The van der Waals surface area contributed by atoms with Gasteiger partial charge in [-0.05, 0) is 31.5 Å². The number of hydrogen-bond acceptors (Lipinski definition) is 3. The average Bonchev–Trinajstić information content (AvgIpc) is 3.03. The van der Waals surface area contributed by atoms with Gasteiger partial charge in [-0.1, -0.05) is 18.5 Å². The maximum Gasteiger partial charge on any atom is 0.310 e. The molecule has 1 N–H and O–H groups in total. The molecule has 0 aliphatic carbocycles. The highest BCUT2D eigenvalue weighted by Gasteiger charge is 2.43. The molecule has 0 bridgehead atoms. The zero-order chi connectivity index (χ0) is 15.0. The summed E-state index contributed by atoms with van der Waals surface area (Å²) in [6.07, 6.45) is 5.15. The number of rotatable bonds is 4. The fourth-order valence-electron chi connectivity index (χ4n) is 3.03. The quantitative estimate of drug-likeness (QED) is 0.943. The number of aliphatic carboxylic acids is 1. The predicted octanol–water partition coefficient (Wildman–Crippen LogP) is 2.67. The molecule has 6 heteroatoms. The third-order valence-electron chi connectivity index (χ3n) is 4.41. The molecule has 0 radical (unpaired) electrons. The molecule has 1 unspecified atom stereocenters. The third-order valence-corrected chi connectivity index (χ3v) is 4.64. The molecule has 3 heterocycles. The van der Waals surface area contributed by atoms with Crippen molar-refractivity contribution < 1.29 is 9.90 Å². The standard InChI is InChI=1S/C15H18ClN3O2/c1-2-15(14(20)21)5-6-18(10-15)8-12-9-19-7-11(16)3-4-13(19)17-12/h3-4,7,9H,2,5-6,8,10H2,1H3,(H,20,21). The van der Waals surface area contributed by atoms with E-state index in [4.69, 9.17) is 11.6 Å². The van der Waals surface area contributed by atoms with E-state index >= 15 is 0 Å². The summed E-state index contributed by atoms with van der Waals surface area (Å²) >= 11 is 5.96.